The van der Waals surface area contributed by atoms with Gasteiger partial charge in [0.15, 0.2) is 6.29 Å². The second-order valence-corrected chi connectivity index (χ2v) is 16.4. The number of rotatable bonds is 1. The van der Waals surface area contributed by atoms with Crippen molar-refractivity contribution in [2.75, 3.05) is 0 Å². The van der Waals surface area contributed by atoms with Crippen molar-refractivity contribution in [3.8, 4) is 22.9 Å². The molecule has 0 heterocycles. The first-order valence-corrected chi connectivity index (χ1v) is 13.8. The van der Waals surface area contributed by atoms with Crippen molar-refractivity contribution in [2.24, 2.45) is 0 Å². The number of hydrogen-bond acceptors (Lipinski definition) is 1. The minimum atomic E-state index is -1.45. The normalized spacial score (nSPS) is 10.9. The smallest absolute Gasteiger partial charge is 0.152 e. The van der Waals surface area contributed by atoms with Crippen LogP contribution in [0.25, 0.3) is 0 Å². The van der Waals surface area contributed by atoms with Crippen molar-refractivity contribution in [1.29, 1.82) is 0 Å². The molecule has 0 aromatic heterocycles. The molecule has 1 aromatic rings. The molecular formula is C17H22OSi2. The molecule has 0 aliphatic heterocycles. The Kier molecular flexibility index (Phi) is 5.17. The molecule has 0 saturated carbocycles. The molecule has 0 saturated heterocycles. The molecule has 104 valence electrons. The molecule has 1 nitrogen and oxygen atoms in total. The largest absolute Gasteiger partial charge is 0.298 e. The standard InChI is InChI=1S/C17H22OSi2/c1-19(2,3)12-10-15-8-7-9-16(17(15)14-18)11-13-20(4,5)6/h7-9,14H,1-6H3. The maximum absolute atomic E-state index is 11.4. The van der Waals surface area contributed by atoms with Crippen molar-refractivity contribution in [1.82, 2.24) is 0 Å². The van der Waals surface area contributed by atoms with Crippen LogP contribution < -0.4 is 0 Å². The topological polar surface area (TPSA) is 17.1 Å². The highest BCUT2D eigenvalue weighted by Crippen LogP contribution is 2.12. The van der Waals surface area contributed by atoms with Gasteiger partial charge in [-0.3, -0.25) is 4.79 Å². The monoisotopic (exact) mass is 298 g/mol. The summed E-state index contributed by atoms with van der Waals surface area (Å²) in [5.41, 5.74) is 8.83. The van der Waals surface area contributed by atoms with E-state index in [2.05, 4.69) is 62.2 Å². The van der Waals surface area contributed by atoms with Gasteiger partial charge in [-0.25, -0.2) is 0 Å². The Bertz CT molecular complexity index is 573. The first kappa shape index (κ1) is 16.5. The SMILES string of the molecule is C[Si](C)(C)C#Cc1cccc(C#C[Si](C)(C)C)c1C=O. The molecule has 0 bridgehead atoms. The third-order valence-electron chi connectivity index (χ3n) is 2.37. The van der Waals surface area contributed by atoms with Crippen LogP contribution in [0.1, 0.15) is 21.5 Å². The lowest BCUT2D eigenvalue weighted by atomic mass is 10.0. The van der Waals surface area contributed by atoms with E-state index in [1.165, 1.54) is 0 Å². The van der Waals surface area contributed by atoms with Crippen LogP contribution in [-0.4, -0.2) is 22.4 Å². The number of hydrogen-bond donors (Lipinski definition) is 0. The molecule has 0 aliphatic rings. The lowest BCUT2D eigenvalue weighted by Gasteiger charge is -2.06. The first-order valence-electron chi connectivity index (χ1n) is 6.77. The zero-order valence-electron chi connectivity index (χ0n) is 13.2. The van der Waals surface area contributed by atoms with Gasteiger partial charge in [0, 0.05) is 16.7 Å². The lowest BCUT2D eigenvalue weighted by Crippen LogP contribution is -2.16. The highest BCUT2D eigenvalue weighted by molar-refractivity contribution is 6.84. The van der Waals surface area contributed by atoms with E-state index in [0.717, 1.165) is 17.4 Å². The quantitative estimate of drug-likeness (QED) is 0.436. The Labute approximate surface area is 124 Å². The Morgan fingerprint density at radius 3 is 1.55 bits per heavy atom. The van der Waals surface area contributed by atoms with Crippen molar-refractivity contribution in [2.45, 2.75) is 39.3 Å². The van der Waals surface area contributed by atoms with Gasteiger partial charge in [0.05, 0.1) is 0 Å². The molecule has 0 fully saturated rings. The Morgan fingerprint density at radius 2 is 1.25 bits per heavy atom. The van der Waals surface area contributed by atoms with E-state index in [-0.39, 0.29) is 0 Å². The maximum atomic E-state index is 11.4. The zero-order chi connectivity index (χ0) is 15.4. The highest BCUT2D eigenvalue weighted by atomic mass is 28.3. The van der Waals surface area contributed by atoms with Gasteiger partial charge in [-0.05, 0) is 12.1 Å². The van der Waals surface area contributed by atoms with Crippen LogP contribution in [0.2, 0.25) is 39.3 Å². The molecule has 1 rings (SSSR count). The number of benzene rings is 1. The van der Waals surface area contributed by atoms with E-state index in [4.69, 9.17) is 0 Å². The molecule has 1 aromatic carbocycles. The fraction of sp³-hybridized carbons (Fsp3) is 0.353. The molecule has 0 atom stereocenters. The number of carbonyl (C=O) groups is 1. The third-order valence-corrected chi connectivity index (χ3v) is 4.12. The molecular weight excluding hydrogens is 276 g/mol. The van der Waals surface area contributed by atoms with Crippen molar-refractivity contribution in [3.63, 3.8) is 0 Å². The van der Waals surface area contributed by atoms with Gasteiger partial charge in [-0.2, -0.15) is 0 Å². The summed E-state index contributed by atoms with van der Waals surface area (Å²) in [4.78, 5) is 11.4. The molecule has 20 heavy (non-hydrogen) atoms. The maximum Gasteiger partial charge on any atom is 0.152 e. The first-order chi connectivity index (χ1) is 9.12. The lowest BCUT2D eigenvalue weighted by molar-refractivity contribution is 0.112. The third kappa shape index (κ3) is 5.61. The molecule has 3 heteroatoms. The van der Waals surface area contributed by atoms with Crippen LogP contribution >= 0.6 is 0 Å². The minimum Gasteiger partial charge on any atom is -0.298 e. The molecule has 0 radical (unpaired) electrons. The van der Waals surface area contributed by atoms with Crippen LogP contribution in [0.5, 0.6) is 0 Å². The van der Waals surface area contributed by atoms with Gasteiger partial charge in [0.2, 0.25) is 0 Å². The second kappa shape index (κ2) is 6.26. The Hall–Kier alpha value is -1.56. The molecule has 0 aliphatic carbocycles. The Balaban J connectivity index is 3.32. The summed E-state index contributed by atoms with van der Waals surface area (Å²) in [6, 6.07) is 5.72. The van der Waals surface area contributed by atoms with Gasteiger partial charge >= 0.3 is 0 Å². The molecule has 0 spiro atoms. The second-order valence-electron chi connectivity index (χ2n) is 6.88. The summed E-state index contributed by atoms with van der Waals surface area (Å²) < 4.78 is 0. The van der Waals surface area contributed by atoms with Gasteiger partial charge in [0.25, 0.3) is 0 Å². The van der Waals surface area contributed by atoms with Crippen LogP contribution in [0.3, 0.4) is 0 Å². The highest BCUT2D eigenvalue weighted by Gasteiger charge is 2.10. The van der Waals surface area contributed by atoms with Gasteiger partial charge in [0.1, 0.15) is 16.1 Å². The summed E-state index contributed by atoms with van der Waals surface area (Å²) in [5, 5.41) is 0. The van der Waals surface area contributed by atoms with Gasteiger partial charge < -0.3 is 0 Å². The summed E-state index contributed by atoms with van der Waals surface area (Å²) in [7, 11) is -2.90. The summed E-state index contributed by atoms with van der Waals surface area (Å²) in [6.45, 7) is 13.1. The molecule has 0 unspecified atom stereocenters. The minimum absolute atomic E-state index is 0.629. The summed E-state index contributed by atoms with van der Waals surface area (Å²) in [6.07, 6.45) is 0.877. The van der Waals surface area contributed by atoms with E-state index in [1.807, 2.05) is 18.2 Å². The van der Waals surface area contributed by atoms with Crippen molar-refractivity contribution < 1.29 is 4.79 Å². The van der Waals surface area contributed by atoms with E-state index in [1.54, 1.807) is 0 Å². The van der Waals surface area contributed by atoms with Crippen LogP contribution in [0.15, 0.2) is 18.2 Å². The number of carbonyl (C=O) groups excluding carboxylic acids is 1. The van der Waals surface area contributed by atoms with E-state index < -0.39 is 16.1 Å². The number of aldehydes is 1. The van der Waals surface area contributed by atoms with Gasteiger partial charge in [-0.15, -0.1) is 11.1 Å². The average Bonchev–Trinajstić information content (AvgIpc) is 2.31. The van der Waals surface area contributed by atoms with Crippen molar-refractivity contribution in [3.05, 3.63) is 34.9 Å². The van der Waals surface area contributed by atoms with Crippen LogP contribution in [0, 0.1) is 22.9 Å². The van der Waals surface area contributed by atoms with E-state index in [9.17, 15) is 4.79 Å². The summed E-state index contributed by atoms with van der Waals surface area (Å²) >= 11 is 0. The van der Waals surface area contributed by atoms with E-state index >= 15 is 0 Å². The fourth-order valence-electron chi connectivity index (χ4n) is 1.42. The average molecular weight is 299 g/mol. The van der Waals surface area contributed by atoms with Crippen LogP contribution in [0.4, 0.5) is 0 Å². The zero-order valence-corrected chi connectivity index (χ0v) is 15.2. The van der Waals surface area contributed by atoms with Crippen molar-refractivity contribution >= 4 is 22.4 Å². The van der Waals surface area contributed by atoms with Crippen LogP contribution in [-0.2, 0) is 0 Å². The fourth-order valence-corrected chi connectivity index (χ4v) is 2.44. The predicted octanol–water partition coefficient (Wildman–Crippen LogP) is 3.96. The molecule has 0 N–H and O–H groups in total. The summed E-state index contributed by atoms with van der Waals surface area (Å²) in [5.74, 6) is 6.33. The molecule has 0 amide bonds. The Morgan fingerprint density at radius 1 is 0.850 bits per heavy atom. The van der Waals surface area contributed by atoms with Gasteiger partial charge in [-0.1, -0.05) is 57.2 Å². The predicted molar refractivity (Wildman–Crippen MR) is 92.3 cm³/mol. The van der Waals surface area contributed by atoms with E-state index in [0.29, 0.717) is 5.56 Å².